The first kappa shape index (κ1) is 30.9. The fraction of sp³-hybridized carbons (Fsp3) is 0.375. The van der Waals surface area contributed by atoms with Gasteiger partial charge < -0.3 is 10.2 Å². The van der Waals surface area contributed by atoms with Gasteiger partial charge in [-0.1, -0.05) is 79.6 Å². The third kappa shape index (κ3) is 8.95. The van der Waals surface area contributed by atoms with Crippen molar-refractivity contribution in [2.24, 2.45) is 0 Å². The largest absolute Gasteiger partial charge is 0.354 e. The molecule has 0 saturated heterocycles. The molecular weight excluding hydrogens is 522 g/mol. The molecule has 40 heavy (non-hydrogen) atoms. The Labute approximate surface area is 239 Å². The average Bonchev–Trinajstić information content (AvgIpc) is 2.88. The van der Waals surface area contributed by atoms with Crippen LogP contribution in [0.1, 0.15) is 47.6 Å². The van der Waals surface area contributed by atoms with E-state index in [1.165, 1.54) is 4.90 Å². The molecule has 3 rings (SSSR count). The Balaban J connectivity index is 2.05. The zero-order valence-corrected chi connectivity index (χ0v) is 25.0. The Bertz CT molecular complexity index is 1390. The number of rotatable bonds is 13. The lowest BCUT2D eigenvalue weighted by atomic mass is 10.0. The topological polar surface area (TPSA) is 86.8 Å². The first-order valence-corrected chi connectivity index (χ1v) is 15.6. The minimum atomic E-state index is -3.80. The molecule has 0 unspecified atom stereocenters. The fourth-order valence-electron chi connectivity index (χ4n) is 4.78. The number of nitrogens with one attached hydrogen (secondary N) is 1. The van der Waals surface area contributed by atoms with Crippen molar-refractivity contribution in [2.75, 3.05) is 23.7 Å². The lowest BCUT2D eigenvalue weighted by Gasteiger charge is -2.33. The molecule has 0 spiro atoms. The monoisotopic (exact) mass is 563 g/mol. The van der Waals surface area contributed by atoms with Crippen molar-refractivity contribution in [3.05, 3.63) is 101 Å². The number of nitrogens with zero attached hydrogens (tertiary/aromatic N) is 2. The predicted octanol–water partition coefficient (Wildman–Crippen LogP) is 4.93. The molecule has 2 amide bonds. The Kier molecular flexibility index (Phi) is 10.9. The number of carbonyl (C=O) groups excluding carboxylic acids is 2. The third-order valence-corrected chi connectivity index (χ3v) is 7.85. The molecule has 1 N–H and O–H groups in total. The molecule has 0 aliphatic heterocycles. The summed E-state index contributed by atoms with van der Waals surface area (Å²) in [6, 6.07) is 22.0. The van der Waals surface area contributed by atoms with Crippen LogP contribution in [-0.4, -0.2) is 50.5 Å². The van der Waals surface area contributed by atoms with Gasteiger partial charge in [0.2, 0.25) is 21.8 Å². The Morgan fingerprint density at radius 2 is 1.50 bits per heavy atom. The molecule has 214 valence electrons. The number of hydrogen-bond donors (Lipinski definition) is 1. The van der Waals surface area contributed by atoms with Crippen LogP contribution in [0, 0.1) is 20.8 Å². The first-order chi connectivity index (χ1) is 19.0. The van der Waals surface area contributed by atoms with Gasteiger partial charge in [0.25, 0.3) is 0 Å². The van der Waals surface area contributed by atoms with Crippen LogP contribution in [0.3, 0.4) is 0 Å². The van der Waals surface area contributed by atoms with Crippen molar-refractivity contribution in [3.8, 4) is 0 Å². The third-order valence-electron chi connectivity index (χ3n) is 6.71. The number of carbonyl (C=O) groups is 2. The van der Waals surface area contributed by atoms with Gasteiger partial charge in [-0.25, -0.2) is 8.42 Å². The molecular formula is C32H41N3O4S. The summed E-state index contributed by atoms with van der Waals surface area (Å²) >= 11 is 0. The van der Waals surface area contributed by atoms with Gasteiger partial charge >= 0.3 is 0 Å². The minimum Gasteiger partial charge on any atom is -0.354 e. The van der Waals surface area contributed by atoms with E-state index in [1.807, 2.05) is 88.4 Å². The van der Waals surface area contributed by atoms with Crippen LogP contribution in [0.2, 0.25) is 0 Å². The van der Waals surface area contributed by atoms with Gasteiger partial charge in [-0.2, -0.15) is 0 Å². The van der Waals surface area contributed by atoms with Crippen LogP contribution >= 0.6 is 0 Å². The van der Waals surface area contributed by atoms with Gasteiger partial charge in [0, 0.05) is 19.5 Å². The van der Waals surface area contributed by atoms with E-state index in [1.54, 1.807) is 12.1 Å². The second-order valence-electron chi connectivity index (χ2n) is 10.5. The molecule has 8 heteroatoms. The highest BCUT2D eigenvalue weighted by molar-refractivity contribution is 7.92. The molecule has 0 aromatic heterocycles. The summed E-state index contributed by atoms with van der Waals surface area (Å²) < 4.78 is 27.1. The maximum Gasteiger partial charge on any atom is 0.244 e. The van der Waals surface area contributed by atoms with Crippen molar-refractivity contribution in [1.82, 2.24) is 10.2 Å². The summed E-state index contributed by atoms with van der Waals surface area (Å²) in [7, 11) is -3.80. The number of unbranched alkanes of at least 4 members (excludes halogenated alkanes) is 1. The molecule has 0 saturated carbocycles. The van der Waals surface area contributed by atoms with E-state index in [4.69, 9.17) is 0 Å². The van der Waals surface area contributed by atoms with Crippen LogP contribution in [-0.2, 0) is 32.6 Å². The van der Waals surface area contributed by atoms with Gasteiger partial charge in [-0.15, -0.1) is 0 Å². The zero-order chi connectivity index (χ0) is 29.3. The van der Waals surface area contributed by atoms with E-state index in [0.717, 1.165) is 51.2 Å². The normalized spacial score (nSPS) is 12.0. The molecule has 0 aliphatic carbocycles. The van der Waals surface area contributed by atoms with Crippen LogP contribution in [0.25, 0.3) is 0 Å². The number of hydrogen-bond acceptors (Lipinski definition) is 4. The van der Waals surface area contributed by atoms with Crippen molar-refractivity contribution in [1.29, 1.82) is 0 Å². The smallest absolute Gasteiger partial charge is 0.244 e. The standard InChI is InChI=1S/C32H41N3O4S/c1-6-7-16-33-32(37)30(21-27-13-9-8-10-14-27)34(22-28-15-11-12-24(2)18-28)31(36)23-35(40(5,38)39)29-19-25(3)17-26(4)20-29/h8-15,17-20,30H,6-7,16,21-23H2,1-5H3,(H,33,37)/t30-/m0/s1. The van der Waals surface area contributed by atoms with Crippen molar-refractivity contribution in [2.45, 2.75) is 59.5 Å². The molecule has 0 aliphatic rings. The Morgan fingerprint density at radius 1 is 0.850 bits per heavy atom. The molecule has 3 aromatic carbocycles. The average molecular weight is 564 g/mol. The second-order valence-corrected chi connectivity index (χ2v) is 12.4. The SMILES string of the molecule is CCCCNC(=O)[C@H](Cc1ccccc1)N(Cc1cccc(C)c1)C(=O)CN(c1cc(C)cc(C)c1)S(C)(=O)=O. The quantitative estimate of drug-likeness (QED) is 0.299. The summed E-state index contributed by atoms with van der Waals surface area (Å²) in [5.74, 6) is -0.701. The van der Waals surface area contributed by atoms with E-state index < -0.39 is 28.5 Å². The first-order valence-electron chi connectivity index (χ1n) is 13.7. The lowest BCUT2D eigenvalue weighted by Crippen LogP contribution is -2.53. The van der Waals surface area contributed by atoms with Crippen LogP contribution in [0.5, 0.6) is 0 Å². The van der Waals surface area contributed by atoms with Gasteiger partial charge in [-0.05, 0) is 61.6 Å². The summed E-state index contributed by atoms with van der Waals surface area (Å²) in [5, 5.41) is 3.00. The Hall–Kier alpha value is -3.65. The van der Waals surface area contributed by atoms with Gasteiger partial charge in [0.15, 0.2) is 0 Å². The van der Waals surface area contributed by atoms with E-state index in [0.29, 0.717) is 18.7 Å². The number of amides is 2. The number of anilines is 1. The van der Waals surface area contributed by atoms with Gasteiger partial charge in [0.05, 0.1) is 11.9 Å². The Morgan fingerprint density at radius 3 is 2.10 bits per heavy atom. The van der Waals surface area contributed by atoms with Crippen LogP contribution < -0.4 is 9.62 Å². The fourth-order valence-corrected chi connectivity index (χ4v) is 5.61. The molecule has 0 heterocycles. The second kappa shape index (κ2) is 14.1. The van der Waals surface area contributed by atoms with Gasteiger partial charge in [0.1, 0.15) is 12.6 Å². The summed E-state index contributed by atoms with van der Waals surface area (Å²) in [4.78, 5) is 29.3. The van der Waals surface area contributed by atoms with Crippen LogP contribution in [0.15, 0.2) is 72.8 Å². The number of sulfonamides is 1. The highest BCUT2D eigenvalue weighted by atomic mass is 32.2. The predicted molar refractivity (Wildman–Crippen MR) is 162 cm³/mol. The van der Waals surface area contributed by atoms with Gasteiger partial charge in [-0.3, -0.25) is 13.9 Å². The van der Waals surface area contributed by atoms with Crippen molar-refractivity contribution in [3.63, 3.8) is 0 Å². The van der Waals surface area contributed by atoms with E-state index >= 15 is 0 Å². The number of aryl methyl sites for hydroxylation is 3. The summed E-state index contributed by atoms with van der Waals surface area (Å²) in [5.41, 5.74) is 5.02. The maximum absolute atomic E-state index is 14.1. The maximum atomic E-state index is 14.1. The van der Waals surface area contributed by atoms with Crippen LogP contribution in [0.4, 0.5) is 5.69 Å². The van der Waals surface area contributed by atoms with E-state index in [2.05, 4.69) is 5.32 Å². The molecule has 0 radical (unpaired) electrons. The highest BCUT2D eigenvalue weighted by Gasteiger charge is 2.33. The molecule has 0 bridgehead atoms. The highest BCUT2D eigenvalue weighted by Crippen LogP contribution is 2.23. The van der Waals surface area contributed by atoms with Crippen molar-refractivity contribution < 1.29 is 18.0 Å². The summed E-state index contributed by atoms with van der Waals surface area (Å²) in [6.45, 7) is 8.06. The molecule has 1 atom stereocenters. The van der Waals surface area contributed by atoms with Crippen molar-refractivity contribution >= 4 is 27.5 Å². The molecule has 0 fully saturated rings. The number of benzene rings is 3. The zero-order valence-electron chi connectivity index (χ0n) is 24.2. The molecule has 7 nitrogen and oxygen atoms in total. The molecule has 3 aromatic rings. The lowest BCUT2D eigenvalue weighted by molar-refractivity contribution is -0.140. The van der Waals surface area contributed by atoms with E-state index in [-0.39, 0.29) is 12.5 Å². The summed E-state index contributed by atoms with van der Waals surface area (Å²) in [6.07, 6.45) is 3.15. The minimum absolute atomic E-state index is 0.170. The van der Waals surface area contributed by atoms with E-state index in [9.17, 15) is 18.0 Å².